The van der Waals surface area contributed by atoms with Crippen molar-refractivity contribution in [1.29, 1.82) is 0 Å². The SMILES string of the molecule is CC(C)c1ccc(NCC(=O)Nc2ccc(N3CCCC3)cc2)cc1. The second-order valence-electron chi connectivity index (χ2n) is 6.92. The van der Waals surface area contributed by atoms with Crippen LogP contribution in [0.3, 0.4) is 0 Å². The second-order valence-corrected chi connectivity index (χ2v) is 6.92. The van der Waals surface area contributed by atoms with Crippen LogP contribution < -0.4 is 15.5 Å². The van der Waals surface area contributed by atoms with E-state index in [2.05, 4.69) is 53.6 Å². The van der Waals surface area contributed by atoms with E-state index in [4.69, 9.17) is 0 Å². The molecule has 132 valence electrons. The van der Waals surface area contributed by atoms with Crippen molar-refractivity contribution in [3.8, 4) is 0 Å². The zero-order chi connectivity index (χ0) is 17.6. The largest absolute Gasteiger partial charge is 0.376 e. The van der Waals surface area contributed by atoms with E-state index in [1.807, 2.05) is 24.3 Å². The van der Waals surface area contributed by atoms with Crippen LogP contribution >= 0.6 is 0 Å². The van der Waals surface area contributed by atoms with Crippen molar-refractivity contribution >= 4 is 23.0 Å². The number of carbonyl (C=O) groups is 1. The monoisotopic (exact) mass is 337 g/mol. The Bertz CT molecular complexity index is 686. The standard InChI is InChI=1S/C21H27N3O/c1-16(2)17-5-7-18(8-6-17)22-15-21(25)23-19-9-11-20(12-10-19)24-13-3-4-14-24/h5-12,16,22H,3-4,13-15H2,1-2H3,(H,23,25). The van der Waals surface area contributed by atoms with E-state index in [0.29, 0.717) is 5.92 Å². The molecule has 0 atom stereocenters. The quantitative estimate of drug-likeness (QED) is 0.818. The first-order chi connectivity index (χ1) is 12.1. The van der Waals surface area contributed by atoms with Crippen molar-refractivity contribution in [3.63, 3.8) is 0 Å². The number of nitrogens with zero attached hydrogens (tertiary/aromatic N) is 1. The summed E-state index contributed by atoms with van der Waals surface area (Å²) in [6.07, 6.45) is 2.53. The van der Waals surface area contributed by atoms with E-state index >= 15 is 0 Å². The van der Waals surface area contributed by atoms with Crippen molar-refractivity contribution in [1.82, 2.24) is 0 Å². The molecule has 2 N–H and O–H groups in total. The molecule has 1 heterocycles. The molecule has 0 bridgehead atoms. The molecule has 2 aromatic carbocycles. The fourth-order valence-corrected chi connectivity index (χ4v) is 3.10. The summed E-state index contributed by atoms with van der Waals surface area (Å²) < 4.78 is 0. The zero-order valence-electron chi connectivity index (χ0n) is 15.1. The molecule has 4 nitrogen and oxygen atoms in total. The lowest BCUT2D eigenvalue weighted by Gasteiger charge is -2.17. The Labute approximate surface area is 150 Å². The Kier molecular flexibility index (Phi) is 5.59. The van der Waals surface area contributed by atoms with Crippen LogP contribution in [0.4, 0.5) is 17.1 Å². The lowest BCUT2D eigenvalue weighted by molar-refractivity contribution is -0.114. The number of rotatable bonds is 6. The maximum Gasteiger partial charge on any atom is 0.243 e. The molecule has 0 unspecified atom stereocenters. The van der Waals surface area contributed by atoms with Gasteiger partial charge in [0, 0.05) is 30.2 Å². The van der Waals surface area contributed by atoms with Gasteiger partial charge < -0.3 is 15.5 Å². The average molecular weight is 337 g/mol. The predicted molar refractivity (Wildman–Crippen MR) is 106 cm³/mol. The van der Waals surface area contributed by atoms with Gasteiger partial charge in [0.25, 0.3) is 0 Å². The molecule has 3 rings (SSSR count). The highest BCUT2D eigenvalue weighted by Crippen LogP contribution is 2.22. The normalized spacial score (nSPS) is 14.0. The average Bonchev–Trinajstić information content (AvgIpc) is 3.15. The molecule has 0 radical (unpaired) electrons. The van der Waals surface area contributed by atoms with Gasteiger partial charge in [-0.25, -0.2) is 0 Å². The van der Waals surface area contributed by atoms with Gasteiger partial charge in [-0.1, -0.05) is 26.0 Å². The van der Waals surface area contributed by atoms with Crippen molar-refractivity contribution in [2.75, 3.05) is 35.2 Å². The summed E-state index contributed by atoms with van der Waals surface area (Å²) in [6.45, 7) is 6.86. The molecule has 4 heteroatoms. The van der Waals surface area contributed by atoms with Gasteiger partial charge in [0.05, 0.1) is 6.54 Å². The Morgan fingerprint density at radius 3 is 2.16 bits per heavy atom. The predicted octanol–water partition coefficient (Wildman–Crippen LogP) is 4.46. The number of carbonyl (C=O) groups excluding carboxylic acids is 1. The number of benzene rings is 2. The minimum atomic E-state index is -0.0399. The van der Waals surface area contributed by atoms with E-state index in [-0.39, 0.29) is 12.5 Å². The molecule has 1 aliphatic heterocycles. The highest BCUT2D eigenvalue weighted by atomic mass is 16.1. The fraction of sp³-hybridized carbons (Fsp3) is 0.381. The first kappa shape index (κ1) is 17.3. The number of hydrogen-bond donors (Lipinski definition) is 2. The van der Waals surface area contributed by atoms with Gasteiger partial charge in [-0.15, -0.1) is 0 Å². The van der Waals surface area contributed by atoms with E-state index in [0.717, 1.165) is 24.5 Å². The molecule has 1 saturated heterocycles. The van der Waals surface area contributed by atoms with E-state index in [1.54, 1.807) is 0 Å². The van der Waals surface area contributed by atoms with Crippen molar-refractivity contribution in [2.24, 2.45) is 0 Å². The topological polar surface area (TPSA) is 44.4 Å². The van der Waals surface area contributed by atoms with Crippen LogP contribution in [0.1, 0.15) is 38.2 Å². The molecule has 25 heavy (non-hydrogen) atoms. The first-order valence-corrected chi connectivity index (χ1v) is 9.10. The Hall–Kier alpha value is -2.49. The summed E-state index contributed by atoms with van der Waals surface area (Å²) in [4.78, 5) is 14.5. The zero-order valence-corrected chi connectivity index (χ0v) is 15.1. The molecule has 2 aromatic rings. The third-order valence-electron chi connectivity index (χ3n) is 4.65. The molecule has 1 amide bonds. The first-order valence-electron chi connectivity index (χ1n) is 9.10. The van der Waals surface area contributed by atoms with Gasteiger partial charge >= 0.3 is 0 Å². The summed E-state index contributed by atoms with van der Waals surface area (Å²) >= 11 is 0. The molecular weight excluding hydrogens is 310 g/mol. The van der Waals surface area contributed by atoms with E-state index in [9.17, 15) is 4.79 Å². The van der Waals surface area contributed by atoms with Gasteiger partial charge in [-0.2, -0.15) is 0 Å². The van der Waals surface area contributed by atoms with Gasteiger partial charge in [-0.3, -0.25) is 4.79 Å². The summed E-state index contributed by atoms with van der Waals surface area (Å²) in [7, 11) is 0. The molecule has 0 saturated carbocycles. The molecule has 1 aliphatic rings. The minimum absolute atomic E-state index is 0.0399. The third-order valence-corrected chi connectivity index (χ3v) is 4.65. The smallest absolute Gasteiger partial charge is 0.243 e. The Morgan fingerprint density at radius 1 is 0.960 bits per heavy atom. The maximum absolute atomic E-state index is 12.1. The van der Waals surface area contributed by atoms with Crippen LogP contribution in [0.2, 0.25) is 0 Å². The number of hydrogen-bond acceptors (Lipinski definition) is 3. The molecule has 0 aliphatic carbocycles. The number of nitrogens with one attached hydrogen (secondary N) is 2. The Balaban J connectivity index is 1.48. The second kappa shape index (κ2) is 8.06. The summed E-state index contributed by atoms with van der Waals surface area (Å²) in [5.41, 5.74) is 4.33. The van der Waals surface area contributed by atoms with E-state index < -0.39 is 0 Å². The minimum Gasteiger partial charge on any atom is -0.376 e. The number of amides is 1. The lowest BCUT2D eigenvalue weighted by atomic mass is 10.0. The lowest BCUT2D eigenvalue weighted by Crippen LogP contribution is -2.22. The van der Waals surface area contributed by atoms with Crippen molar-refractivity contribution < 1.29 is 4.79 Å². The summed E-state index contributed by atoms with van der Waals surface area (Å²) in [5.74, 6) is 0.475. The van der Waals surface area contributed by atoms with Crippen LogP contribution in [-0.4, -0.2) is 25.5 Å². The van der Waals surface area contributed by atoms with Gasteiger partial charge in [0.2, 0.25) is 5.91 Å². The summed E-state index contributed by atoms with van der Waals surface area (Å²) in [5, 5.41) is 6.11. The fourth-order valence-electron chi connectivity index (χ4n) is 3.10. The highest BCUT2D eigenvalue weighted by molar-refractivity contribution is 5.93. The van der Waals surface area contributed by atoms with Crippen LogP contribution in [0.15, 0.2) is 48.5 Å². The molecule has 0 aromatic heterocycles. The number of anilines is 3. The van der Waals surface area contributed by atoms with Crippen LogP contribution in [0.5, 0.6) is 0 Å². The van der Waals surface area contributed by atoms with E-state index in [1.165, 1.54) is 24.1 Å². The maximum atomic E-state index is 12.1. The summed E-state index contributed by atoms with van der Waals surface area (Å²) in [6, 6.07) is 16.4. The van der Waals surface area contributed by atoms with Crippen molar-refractivity contribution in [3.05, 3.63) is 54.1 Å². The molecular formula is C21H27N3O. The molecule has 1 fully saturated rings. The van der Waals surface area contributed by atoms with Crippen LogP contribution in [0.25, 0.3) is 0 Å². The Morgan fingerprint density at radius 2 is 1.56 bits per heavy atom. The van der Waals surface area contributed by atoms with Gasteiger partial charge in [0.15, 0.2) is 0 Å². The molecule has 0 spiro atoms. The van der Waals surface area contributed by atoms with Crippen molar-refractivity contribution in [2.45, 2.75) is 32.6 Å². The van der Waals surface area contributed by atoms with Gasteiger partial charge in [0.1, 0.15) is 0 Å². The van der Waals surface area contributed by atoms with Gasteiger partial charge in [-0.05, 0) is 60.7 Å². The third kappa shape index (κ3) is 4.75. The highest BCUT2D eigenvalue weighted by Gasteiger charge is 2.12. The van der Waals surface area contributed by atoms with Crippen LogP contribution in [-0.2, 0) is 4.79 Å². The van der Waals surface area contributed by atoms with Crippen LogP contribution in [0, 0.1) is 0 Å².